The Bertz CT molecular complexity index is 1090. The zero-order valence-electron chi connectivity index (χ0n) is 16.4. The number of nitrogens with zero attached hydrogens (tertiary/aromatic N) is 4. The summed E-state index contributed by atoms with van der Waals surface area (Å²) in [4.78, 5) is 27.6. The molecule has 3 aromatic rings. The Morgan fingerprint density at radius 1 is 1.06 bits per heavy atom. The first kappa shape index (κ1) is 21.8. The molecule has 0 unspecified atom stereocenters. The molecule has 1 fully saturated rings. The van der Waals surface area contributed by atoms with E-state index in [1.54, 1.807) is 11.0 Å². The molecule has 0 aliphatic carbocycles. The predicted octanol–water partition coefficient (Wildman–Crippen LogP) is 4.19. The van der Waals surface area contributed by atoms with Crippen molar-refractivity contribution in [3.05, 3.63) is 63.6 Å². The number of morpholine rings is 1. The quantitative estimate of drug-likeness (QED) is 0.552. The highest BCUT2D eigenvalue weighted by Gasteiger charge is 2.23. The Morgan fingerprint density at radius 2 is 1.81 bits per heavy atom. The van der Waals surface area contributed by atoms with Crippen molar-refractivity contribution in [2.45, 2.75) is 10.9 Å². The van der Waals surface area contributed by atoms with Crippen molar-refractivity contribution in [1.29, 1.82) is 0 Å². The van der Waals surface area contributed by atoms with E-state index in [2.05, 4.69) is 15.0 Å². The zero-order valence-corrected chi connectivity index (χ0v) is 18.8. The van der Waals surface area contributed by atoms with Gasteiger partial charge < -0.3 is 15.4 Å². The fraction of sp³-hybridized carbons (Fsp3) is 0.238. The van der Waals surface area contributed by atoms with Gasteiger partial charge in [-0.1, -0.05) is 65.3 Å². The van der Waals surface area contributed by atoms with Crippen molar-refractivity contribution >= 4 is 46.8 Å². The van der Waals surface area contributed by atoms with Gasteiger partial charge in [-0.25, -0.2) is 4.98 Å². The Kier molecular flexibility index (Phi) is 6.92. The number of thioether (sulfide) groups is 1. The molecule has 1 aromatic heterocycles. The van der Waals surface area contributed by atoms with E-state index >= 15 is 0 Å². The first-order valence-corrected chi connectivity index (χ1v) is 11.3. The highest BCUT2D eigenvalue weighted by Crippen LogP contribution is 2.33. The fourth-order valence-electron chi connectivity index (χ4n) is 3.10. The maximum Gasteiger partial charge on any atom is 0.255 e. The number of carbonyl (C=O) groups is 1. The third kappa shape index (κ3) is 5.27. The SMILES string of the molecule is Nc1nc(SCc2ccccc2)nc(-c2cc(C(=O)N3CCOCC3)c(Cl)cc2Cl)n1. The largest absolute Gasteiger partial charge is 0.378 e. The number of aromatic nitrogens is 3. The van der Waals surface area contributed by atoms with Crippen molar-refractivity contribution in [1.82, 2.24) is 19.9 Å². The molecular formula is C21H19Cl2N5O2S. The van der Waals surface area contributed by atoms with Gasteiger partial charge in [0.1, 0.15) is 0 Å². The first-order chi connectivity index (χ1) is 15.0. The van der Waals surface area contributed by atoms with E-state index in [4.69, 9.17) is 33.7 Å². The predicted molar refractivity (Wildman–Crippen MR) is 122 cm³/mol. The molecule has 0 bridgehead atoms. The van der Waals surface area contributed by atoms with Gasteiger partial charge in [-0.15, -0.1) is 0 Å². The maximum atomic E-state index is 13.0. The molecule has 0 saturated carbocycles. The van der Waals surface area contributed by atoms with E-state index in [1.807, 2.05) is 30.3 Å². The van der Waals surface area contributed by atoms with Gasteiger partial charge in [-0.3, -0.25) is 4.79 Å². The topological polar surface area (TPSA) is 94.2 Å². The molecule has 160 valence electrons. The van der Waals surface area contributed by atoms with Crippen LogP contribution in [-0.4, -0.2) is 52.1 Å². The number of nitrogen functional groups attached to an aromatic ring is 1. The van der Waals surface area contributed by atoms with Gasteiger partial charge in [0, 0.05) is 24.4 Å². The van der Waals surface area contributed by atoms with Crippen LogP contribution in [0.2, 0.25) is 10.0 Å². The van der Waals surface area contributed by atoms with Gasteiger partial charge in [0.25, 0.3) is 5.91 Å². The van der Waals surface area contributed by atoms with Gasteiger partial charge in [0.2, 0.25) is 5.95 Å². The number of nitrogens with two attached hydrogens (primary N) is 1. The number of benzene rings is 2. The molecule has 0 atom stereocenters. The molecule has 2 heterocycles. The highest BCUT2D eigenvalue weighted by molar-refractivity contribution is 7.98. The zero-order chi connectivity index (χ0) is 21.8. The lowest BCUT2D eigenvalue weighted by Gasteiger charge is -2.27. The number of hydrogen-bond donors (Lipinski definition) is 1. The van der Waals surface area contributed by atoms with E-state index in [-0.39, 0.29) is 16.9 Å². The lowest BCUT2D eigenvalue weighted by molar-refractivity contribution is 0.0303. The minimum atomic E-state index is -0.188. The summed E-state index contributed by atoms with van der Waals surface area (Å²) in [6, 6.07) is 13.1. The second-order valence-corrected chi connectivity index (χ2v) is 8.55. The minimum Gasteiger partial charge on any atom is -0.378 e. The number of halogens is 2. The number of anilines is 1. The Balaban J connectivity index is 1.63. The number of carbonyl (C=O) groups excluding carboxylic acids is 1. The fourth-order valence-corrected chi connectivity index (χ4v) is 4.45. The molecule has 0 radical (unpaired) electrons. The normalized spacial score (nSPS) is 13.9. The summed E-state index contributed by atoms with van der Waals surface area (Å²) in [5, 5.41) is 1.07. The molecule has 7 nitrogen and oxygen atoms in total. The average Bonchev–Trinajstić information content (AvgIpc) is 2.78. The first-order valence-electron chi connectivity index (χ1n) is 9.56. The molecule has 10 heteroatoms. The van der Waals surface area contributed by atoms with Gasteiger partial charge >= 0.3 is 0 Å². The number of amides is 1. The lowest BCUT2D eigenvalue weighted by atomic mass is 10.1. The van der Waals surface area contributed by atoms with E-state index in [0.717, 1.165) is 5.56 Å². The van der Waals surface area contributed by atoms with E-state index in [1.165, 1.54) is 17.8 Å². The van der Waals surface area contributed by atoms with Crippen molar-refractivity contribution in [2.24, 2.45) is 0 Å². The molecule has 1 aliphatic heterocycles. The van der Waals surface area contributed by atoms with Crippen LogP contribution in [0.3, 0.4) is 0 Å². The number of ether oxygens (including phenoxy) is 1. The second-order valence-electron chi connectivity index (χ2n) is 6.79. The summed E-state index contributed by atoms with van der Waals surface area (Å²) in [5.74, 6) is 0.860. The van der Waals surface area contributed by atoms with Crippen LogP contribution in [0.4, 0.5) is 5.95 Å². The van der Waals surface area contributed by atoms with E-state index < -0.39 is 0 Å². The van der Waals surface area contributed by atoms with Gasteiger partial charge in [0.05, 0.1) is 28.8 Å². The van der Waals surface area contributed by atoms with Gasteiger partial charge in [0.15, 0.2) is 11.0 Å². The number of rotatable bonds is 5. The third-order valence-corrected chi connectivity index (χ3v) is 6.21. The van der Waals surface area contributed by atoms with Crippen LogP contribution in [0.25, 0.3) is 11.4 Å². The van der Waals surface area contributed by atoms with Crippen LogP contribution < -0.4 is 5.73 Å². The second kappa shape index (κ2) is 9.82. The summed E-state index contributed by atoms with van der Waals surface area (Å²) in [6.45, 7) is 2.00. The minimum absolute atomic E-state index is 0.0765. The molecule has 1 saturated heterocycles. The van der Waals surface area contributed by atoms with Crippen molar-refractivity contribution < 1.29 is 9.53 Å². The van der Waals surface area contributed by atoms with E-state index in [0.29, 0.717) is 59.2 Å². The molecule has 0 spiro atoms. The molecule has 2 aromatic carbocycles. The summed E-state index contributed by atoms with van der Waals surface area (Å²) < 4.78 is 5.32. The van der Waals surface area contributed by atoms with E-state index in [9.17, 15) is 4.79 Å². The van der Waals surface area contributed by atoms with Crippen LogP contribution in [0.15, 0.2) is 47.6 Å². The summed E-state index contributed by atoms with van der Waals surface area (Å²) in [7, 11) is 0. The maximum absolute atomic E-state index is 13.0. The van der Waals surface area contributed by atoms with Crippen molar-refractivity contribution in [3.63, 3.8) is 0 Å². The average molecular weight is 476 g/mol. The lowest BCUT2D eigenvalue weighted by Crippen LogP contribution is -2.40. The standard InChI is InChI=1S/C21H19Cl2N5O2S/c22-16-11-17(23)15(19(29)28-6-8-30-9-7-28)10-14(16)18-25-20(24)27-21(26-18)31-12-13-4-2-1-3-5-13/h1-5,10-11H,6-9,12H2,(H2,24,25,26,27). The summed E-state index contributed by atoms with van der Waals surface area (Å²) in [5.41, 5.74) is 7.87. The molecule has 2 N–H and O–H groups in total. The van der Waals surface area contributed by atoms with Gasteiger partial charge in [-0.2, -0.15) is 9.97 Å². The Labute approximate surface area is 193 Å². The van der Waals surface area contributed by atoms with Crippen LogP contribution in [0.5, 0.6) is 0 Å². The molecular weight excluding hydrogens is 457 g/mol. The Hall–Kier alpha value is -2.39. The van der Waals surface area contributed by atoms with Crippen molar-refractivity contribution in [2.75, 3.05) is 32.0 Å². The molecule has 4 rings (SSSR count). The summed E-state index contributed by atoms with van der Waals surface area (Å²) in [6.07, 6.45) is 0. The van der Waals surface area contributed by atoms with Crippen LogP contribution in [0.1, 0.15) is 15.9 Å². The molecule has 1 aliphatic rings. The van der Waals surface area contributed by atoms with Crippen LogP contribution in [0, 0.1) is 0 Å². The van der Waals surface area contributed by atoms with Crippen LogP contribution in [-0.2, 0) is 10.5 Å². The summed E-state index contributed by atoms with van der Waals surface area (Å²) >= 11 is 14.2. The molecule has 31 heavy (non-hydrogen) atoms. The Morgan fingerprint density at radius 3 is 2.55 bits per heavy atom. The number of hydrogen-bond acceptors (Lipinski definition) is 7. The van der Waals surface area contributed by atoms with Crippen LogP contribution >= 0.6 is 35.0 Å². The monoisotopic (exact) mass is 475 g/mol. The smallest absolute Gasteiger partial charge is 0.255 e. The van der Waals surface area contributed by atoms with Crippen molar-refractivity contribution in [3.8, 4) is 11.4 Å². The van der Waals surface area contributed by atoms with Gasteiger partial charge in [-0.05, 0) is 17.7 Å². The molecule has 1 amide bonds. The third-order valence-electron chi connectivity index (χ3n) is 4.67. The highest BCUT2D eigenvalue weighted by atomic mass is 35.5.